The minimum absolute atomic E-state index is 0.666. The molecule has 0 aliphatic heterocycles. The molecule has 102 valence electrons. The maximum absolute atomic E-state index is 5.83. The molecule has 3 rings (SSSR count). The van der Waals surface area contributed by atoms with Crippen LogP contribution in [0, 0.1) is 18.8 Å². The van der Waals surface area contributed by atoms with E-state index in [1.165, 1.54) is 19.3 Å². The molecular weight excluding hydrogens is 238 g/mol. The number of rotatable bonds is 4. The van der Waals surface area contributed by atoms with E-state index in [1.54, 1.807) is 6.20 Å². The van der Waals surface area contributed by atoms with Crippen molar-refractivity contribution in [1.82, 2.24) is 14.6 Å². The molecular formula is C14H21N5. The molecule has 5 nitrogen and oxygen atoms in total. The van der Waals surface area contributed by atoms with E-state index in [0.29, 0.717) is 11.8 Å². The summed E-state index contributed by atoms with van der Waals surface area (Å²) in [6.07, 6.45) is 7.52. The Morgan fingerprint density at radius 3 is 3.11 bits per heavy atom. The Hall–Kier alpha value is -1.62. The van der Waals surface area contributed by atoms with E-state index in [9.17, 15) is 0 Å². The largest absolute Gasteiger partial charge is 0.368 e. The molecule has 0 amide bonds. The van der Waals surface area contributed by atoms with Gasteiger partial charge < -0.3 is 11.1 Å². The van der Waals surface area contributed by atoms with Crippen LogP contribution in [0.2, 0.25) is 0 Å². The highest BCUT2D eigenvalue weighted by Crippen LogP contribution is 2.31. The van der Waals surface area contributed by atoms with Crippen molar-refractivity contribution in [3.63, 3.8) is 0 Å². The van der Waals surface area contributed by atoms with E-state index in [0.717, 1.165) is 30.1 Å². The van der Waals surface area contributed by atoms with E-state index < -0.39 is 0 Å². The van der Waals surface area contributed by atoms with Crippen LogP contribution in [0.3, 0.4) is 0 Å². The highest BCUT2D eigenvalue weighted by atomic mass is 15.2. The fraction of sp³-hybridized carbons (Fsp3) is 0.571. The average molecular weight is 259 g/mol. The van der Waals surface area contributed by atoms with Gasteiger partial charge >= 0.3 is 0 Å². The highest BCUT2D eigenvalue weighted by Gasteiger charge is 2.25. The smallest absolute Gasteiger partial charge is 0.152 e. The Bertz CT molecular complexity index is 562. The first-order valence-corrected chi connectivity index (χ1v) is 7.03. The summed E-state index contributed by atoms with van der Waals surface area (Å²) < 4.78 is 1.87. The second-order valence-corrected chi connectivity index (χ2v) is 5.46. The maximum Gasteiger partial charge on any atom is 0.152 e. The van der Waals surface area contributed by atoms with E-state index in [1.807, 2.05) is 17.6 Å². The molecule has 0 bridgehead atoms. The molecule has 0 spiro atoms. The van der Waals surface area contributed by atoms with Crippen LogP contribution in [0.1, 0.15) is 25.0 Å². The van der Waals surface area contributed by atoms with Crippen molar-refractivity contribution in [2.24, 2.45) is 17.6 Å². The predicted molar refractivity (Wildman–Crippen MR) is 76.1 cm³/mol. The van der Waals surface area contributed by atoms with Crippen molar-refractivity contribution in [3.8, 4) is 0 Å². The Kier molecular flexibility index (Phi) is 3.38. The lowest BCUT2D eigenvalue weighted by molar-refractivity contribution is 0.414. The van der Waals surface area contributed by atoms with Gasteiger partial charge in [0.25, 0.3) is 0 Å². The zero-order valence-electron chi connectivity index (χ0n) is 11.3. The van der Waals surface area contributed by atoms with Crippen LogP contribution >= 0.6 is 0 Å². The minimum atomic E-state index is 0.666. The second-order valence-electron chi connectivity index (χ2n) is 5.46. The van der Waals surface area contributed by atoms with Gasteiger partial charge in [-0.05, 0) is 44.2 Å². The molecule has 1 aliphatic carbocycles. The fourth-order valence-electron chi connectivity index (χ4n) is 3.10. The summed E-state index contributed by atoms with van der Waals surface area (Å²) in [6.45, 7) is 3.76. The zero-order valence-corrected chi connectivity index (χ0v) is 11.3. The Morgan fingerprint density at radius 1 is 1.42 bits per heavy atom. The molecule has 2 aromatic rings. The van der Waals surface area contributed by atoms with E-state index in [2.05, 4.69) is 21.5 Å². The van der Waals surface area contributed by atoms with Crippen molar-refractivity contribution in [3.05, 3.63) is 24.2 Å². The molecule has 19 heavy (non-hydrogen) atoms. The molecule has 3 N–H and O–H groups in total. The van der Waals surface area contributed by atoms with Gasteiger partial charge in [-0.2, -0.15) is 5.10 Å². The van der Waals surface area contributed by atoms with Crippen molar-refractivity contribution in [1.29, 1.82) is 0 Å². The first-order chi connectivity index (χ1) is 9.28. The average Bonchev–Trinajstić information content (AvgIpc) is 3.00. The molecule has 1 saturated carbocycles. The summed E-state index contributed by atoms with van der Waals surface area (Å²) in [6, 6.07) is 2.06. The number of nitrogens with zero attached hydrogens (tertiary/aromatic N) is 3. The van der Waals surface area contributed by atoms with Gasteiger partial charge in [0.05, 0.1) is 5.69 Å². The predicted octanol–water partition coefficient (Wildman–Crippen LogP) is 1.82. The zero-order chi connectivity index (χ0) is 13.2. The molecule has 0 radical (unpaired) electrons. The molecule has 1 fully saturated rings. The van der Waals surface area contributed by atoms with Crippen LogP contribution in [0.15, 0.2) is 18.5 Å². The van der Waals surface area contributed by atoms with E-state index >= 15 is 0 Å². The molecule has 2 atom stereocenters. The van der Waals surface area contributed by atoms with E-state index in [-0.39, 0.29) is 0 Å². The quantitative estimate of drug-likeness (QED) is 0.879. The standard InChI is InChI=1S/C14H21N5/c1-10-7-13-14(16-5-6-19(13)18-10)17-9-12-4-2-3-11(12)8-15/h5-7,11-12H,2-4,8-9,15H2,1H3,(H,16,17). The normalized spacial score (nSPS) is 23.1. The van der Waals surface area contributed by atoms with Gasteiger partial charge in [-0.15, -0.1) is 0 Å². The summed E-state index contributed by atoms with van der Waals surface area (Å²) in [4.78, 5) is 4.43. The molecule has 5 heteroatoms. The third kappa shape index (κ3) is 2.42. The Balaban J connectivity index is 1.74. The van der Waals surface area contributed by atoms with E-state index in [4.69, 9.17) is 5.73 Å². The number of fused-ring (bicyclic) bond motifs is 1. The summed E-state index contributed by atoms with van der Waals surface area (Å²) in [5.74, 6) is 2.26. The summed E-state index contributed by atoms with van der Waals surface area (Å²) in [7, 11) is 0. The third-order valence-electron chi connectivity index (χ3n) is 4.16. The fourth-order valence-corrected chi connectivity index (χ4v) is 3.10. The van der Waals surface area contributed by atoms with Crippen molar-refractivity contribution in [2.75, 3.05) is 18.4 Å². The maximum atomic E-state index is 5.83. The number of anilines is 1. The summed E-state index contributed by atoms with van der Waals surface area (Å²) in [5.41, 5.74) is 7.88. The van der Waals surface area contributed by atoms with Crippen molar-refractivity contribution >= 4 is 11.3 Å². The lowest BCUT2D eigenvalue weighted by atomic mass is 9.96. The van der Waals surface area contributed by atoms with Gasteiger partial charge in [-0.25, -0.2) is 9.50 Å². The first kappa shape index (κ1) is 12.4. The summed E-state index contributed by atoms with van der Waals surface area (Å²) >= 11 is 0. The van der Waals surface area contributed by atoms with Gasteiger partial charge in [0.15, 0.2) is 5.82 Å². The molecule has 0 aromatic carbocycles. The molecule has 2 unspecified atom stereocenters. The van der Waals surface area contributed by atoms with Crippen LogP contribution in [0.4, 0.5) is 5.82 Å². The minimum Gasteiger partial charge on any atom is -0.368 e. The highest BCUT2D eigenvalue weighted by molar-refractivity contribution is 5.67. The molecule has 2 heterocycles. The van der Waals surface area contributed by atoms with Gasteiger partial charge in [0.2, 0.25) is 0 Å². The number of nitrogens with two attached hydrogens (primary N) is 1. The Labute approximate surface area is 113 Å². The SMILES string of the molecule is Cc1cc2c(NCC3CCCC3CN)nccn2n1. The number of nitrogens with one attached hydrogen (secondary N) is 1. The lowest BCUT2D eigenvalue weighted by Crippen LogP contribution is -2.24. The van der Waals surface area contributed by atoms with Crippen molar-refractivity contribution < 1.29 is 0 Å². The topological polar surface area (TPSA) is 68.2 Å². The number of hydrogen-bond donors (Lipinski definition) is 2. The second kappa shape index (κ2) is 5.17. The van der Waals surface area contributed by atoms with Crippen LogP contribution < -0.4 is 11.1 Å². The van der Waals surface area contributed by atoms with Gasteiger partial charge in [-0.3, -0.25) is 0 Å². The number of hydrogen-bond acceptors (Lipinski definition) is 4. The van der Waals surface area contributed by atoms with Gasteiger partial charge in [-0.1, -0.05) is 6.42 Å². The third-order valence-corrected chi connectivity index (χ3v) is 4.16. The first-order valence-electron chi connectivity index (χ1n) is 7.03. The Morgan fingerprint density at radius 2 is 2.26 bits per heavy atom. The lowest BCUT2D eigenvalue weighted by Gasteiger charge is -2.18. The monoisotopic (exact) mass is 259 g/mol. The molecule has 2 aromatic heterocycles. The van der Waals surface area contributed by atoms with Crippen LogP contribution in [-0.2, 0) is 0 Å². The molecule has 1 aliphatic rings. The van der Waals surface area contributed by atoms with Gasteiger partial charge in [0.1, 0.15) is 5.52 Å². The van der Waals surface area contributed by atoms with Gasteiger partial charge in [0, 0.05) is 18.9 Å². The summed E-state index contributed by atoms with van der Waals surface area (Å²) in [5, 5.41) is 7.88. The van der Waals surface area contributed by atoms with Crippen LogP contribution in [0.5, 0.6) is 0 Å². The molecule has 0 saturated heterocycles. The van der Waals surface area contributed by atoms with Crippen molar-refractivity contribution in [2.45, 2.75) is 26.2 Å². The number of aromatic nitrogens is 3. The van der Waals surface area contributed by atoms with Crippen LogP contribution in [-0.4, -0.2) is 27.7 Å². The van der Waals surface area contributed by atoms with Crippen LogP contribution in [0.25, 0.3) is 5.52 Å². The number of aryl methyl sites for hydroxylation is 1.